The van der Waals surface area contributed by atoms with Crippen molar-refractivity contribution in [2.24, 2.45) is 0 Å². The molecule has 0 spiro atoms. The van der Waals surface area contributed by atoms with Gasteiger partial charge in [-0.05, 0) is 0 Å². The zero-order chi connectivity index (χ0) is 0. The molecule has 4 heteroatoms. The Labute approximate surface area is 41.1 Å². The predicted octanol–water partition coefficient (Wildman–Crippen LogP) is -3.93. The second-order valence-electron chi connectivity index (χ2n) is 0. The van der Waals surface area contributed by atoms with Crippen molar-refractivity contribution in [3.8, 4) is 0 Å². The van der Waals surface area contributed by atoms with E-state index in [0.717, 1.165) is 0 Å². The van der Waals surface area contributed by atoms with E-state index in [9.17, 15) is 0 Å². The number of hydrogen-bond acceptors (Lipinski definition) is 1. The Balaban J connectivity index is 0. The summed E-state index contributed by atoms with van der Waals surface area (Å²) in [6, 6.07) is 0. The number of rotatable bonds is 0. The van der Waals surface area contributed by atoms with E-state index in [-0.39, 0.29) is 40.3 Å². The summed E-state index contributed by atoms with van der Waals surface area (Å²) in [7, 11) is 0. The molecule has 0 bridgehead atoms. The third-order valence-corrected chi connectivity index (χ3v) is 0. The fraction of sp³-hybridized carbons (Fsp3) is 0. The van der Waals surface area contributed by atoms with Crippen LogP contribution in [0.3, 0.4) is 0 Å². The standard InChI is InChI=1S/B.Li.H3N.H2O.H/h;;1H3;1H2;/q;+1;;;-1. The molecule has 0 unspecified atom stereocenters. The Morgan fingerprint density at radius 3 is 1.25 bits per heavy atom. The van der Waals surface area contributed by atoms with Gasteiger partial charge in [-0.15, -0.1) is 0 Å². The van der Waals surface area contributed by atoms with Crippen molar-refractivity contribution in [3.05, 3.63) is 0 Å². The molecule has 0 amide bonds. The molecule has 0 heterocycles. The van der Waals surface area contributed by atoms with Gasteiger partial charge in [-0.1, -0.05) is 0 Å². The molecule has 0 aliphatic rings. The third-order valence-electron chi connectivity index (χ3n) is 0. The van der Waals surface area contributed by atoms with Crippen molar-refractivity contribution in [3.63, 3.8) is 0 Å². The Bertz CT molecular complexity index is 11.6. The van der Waals surface area contributed by atoms with E-state index >= 15 is 0 Å². The van der Waals surface area contributed by atoms with Crippen molar-refractivity contribution in [1.82, 2.24) is 6.15 Å². The number of hydrogen-bond donors (Lipinski definition) is 1. The summed E-state index contributed by atoms with van der Waals surface area (Å²) in [6.07, 6.45) is 0. The quantitative estimate of drug-likeness (QED) is 0.282. The molecule has 0 fully saturated rings. The van der Waals surface area contributed by atoms with Crippen LogP contribution in [0.1, 0.15) is 1.43 Å². The van der Waals surface area contributed by atoms with E-state index in [1.54, 1.807) is 0 Å². The van der Waals surface area contributed by atoms with Gasteiger partial charge in [-0.25, -0.2) is 0 Å². The molecule has 0 saturated heterocycles. The average molecular weight is 53.8 g/mol. The molecule has 3 radical (unpaired) electrons. The summed E-state index contributed by atoms with van der Waals surface area (Å²) in [4.78, 5) is 0. The molecule has 0 atom stereocenters. The van der Waals surface area contributed by atoms with Gasteiger partial charge in [0.1, 0.15) is 0 Å². The van der Waals surface area contributed by atoms with Crippen LogP contribution < -0.4 is 25.0 Å². The van der Waals surface area contributed by atoms with E-state index in [4.69, 9.17) is 0 Å². The van der Waals surface area contributed by atoms with Gasteiger partial charge in [-0.2, -0.15) is 0 Å². The van der Waals surface area contributed by atoms with Gasteiger partial charge in [-0.3, -0.25) is 0 Å². The molecule has 0 saturated carbocycles. The normalized spacial score (nSPS) is 0. The summed E-state index contributed by atoms with van der Waals surface area (Å²) >= 11 is 0. The van der Waals surface area contributed by atoms with Crippen molar-refractivity contribution >= 4 is 8.41 Å². The predicted molar refractivity (Wildman–Crippen MR) is 15.5 cm³/mol. The molecule has 0 aromatic heterocycles. The molecular formula is H6BLiNO. The first-order valence-corrected chi connectivity index (χ1v) is 0. The molecule has 0 aliphatic heterocycles. The van der Waals surface area contributed by atoms with Crippen LogP contribution in [0.4, 0.5) is 0 Å². The van der Waals surface area contributed by atoms with Crippen molar-refractivity contribution in [2.75, 3.05) is 0 Å². The maximum Gasteiger partial charge on any atom is 1.00 e. The van der Waals surface area contributed by atoms with E-state index in [1.165, 1.54) is 0 Å². The molecule has 0 aromatic carbocycles. The van der Waals surface area contributed by atoms with Crippen LogP contribution in [0.25, 0.3) is 0 Å². The Hall–Kier alpha value is 0.582. The van der Waals surface area contributed by atoms with Crippen LogP contribution in [0.2, 0.25) is 0 Å². The van der Waals surface area contributed by atoms with Gasteiger partial charge >= 0.3 is 18.9 Å². The minimum Gasteiger partial charge on any atom is -1.00 e. The van der Waals surface area contributed by atoms with Gasteiger partial charge < -0.3 is 13.1 Å². The van der Waals surface area contributed by atoms with Crippen LogP contribution in [-0.4, -0.2) is 13.9 Å². The Morgan fingerprint density at radius 2 is 1.25 bits per heavy atom. The van der Waals surface area contributed by atoms with Gasteiger partial charge in [0.2, 0.25) is 0 Å². The minimum absolute atomic E-state index is 0. The van der Waals surface area contributed by atoms with E-state index in [2.05, 4.69) is 0 Å². The Kier molecular flexibility index (Phi) is 3050. The van der Waals surface area contributed by atoms with Crippen molar-refractivity contribution < 1.29 is 25.8 Å². The van der Waals surface area contributed by atoms with E-state index < -0.39 is 0 Å². The van der Waals surface area contributed by atoms with Crippen molar-refractivity contribution in [1.29, 1.82) is 0 Å². The zero-order valence-electron chi connectivity index (χ0n) is 3.78. The van der Waals surface area contributed by atoms with Gasteiger partial charge in [0.05, 0.1) is 0 Å². The molecule has 2 nitrogen and oxygen atoms in total. The second-order valence-corrected chi connectivity index (χ2v) is 0. The SMILES string of the molecule is N.O.[B].[H-].[Li+]. The molecule has 5 N–H and O–H groups in total. The smallest absolute Gasteiger partial charge is 1.00 e. The molecular weight excluding hydrogens is 47.8 g/mol. The summed E-state index contributed by atoms with van der Waals surface area (Å²) in [5.41, 5.74) is 0. The van der Waals surface area contributed by atoms with Crippen LogP contribution in [-0.2, 0) is 0 Å². The summed E-state index contributed by atoms with van der Waals surface area (Å²) in [5, 5.41) is 0. The van der Waals surface area contributed by atoms with Gasteiger partial charge in [0, 0.05) is 8.41 Å². The van der Waals surface area contributed by atoms with E-state index in [1.807, 2.05) is 0 Å². The first-order chi connectivity index (χ1) is 0. The molecule has 0 rings (SSSR count). The zero-order valence-corrected chi connectivity index (χ0v) is 2.78. The van der Waals surface area contributed by atoms with Crippen LogP contribution in [0.15, 0.2) is 0 Å². The third kappa shape index (κ3) is 19.1. The first-order valence-electron chi connectivity index (χ1n) is 0. The van der Waals surface area contributed by atoms with E-state index in [0.29, 0.717) is 0 Å². The molecule has 0 aromatic rings. The first kappa shape index (κ1) is 173. The maximum atomic E-state index is 0. The van der Waals surface area contributed by atoms with Crippen LogP contribution >= 0.6 is 0 Å². The van der Waals surface area contributed by atoms with Gasteiger partial charge in [0.15, 0.2) is 0 Å². The summed E-state index contributed by atoms with van der Waals surface area (Å²) in [5.74, 6) is 0. The fourth-order valence-electron chi connectivity index (χ4n) is 0. The maximum absolute atomic E-state index is 0. The molecule has 21 valence electrons. The largest absolute Gasteiger partial charge is 1.00 e. The topological polar surface area (TPSA) is 66.5 Å². The monoisotopic (exact) mass is 54.1 g/mol. The fourth-order valence-corrected chi connectivity index (χ4v) is 0. The Morgan fingerprint density at radius 1 is 1.25 bits per heavy atom. The second kappa shape index (κ2) is 70.4. The summed E-state index contributed by atoms with van der Waals surface area (Å²) < 4.78 is 0. The summed E-state index contributed by atoms with van der Waals surface area (Å²) in [6.45, 7) is 0. The molecule has 0 aliphatic carbocycles. The molecule has 4 heavy (non-hydrogen) atoms. The van der Waals surface area contributed by atoms with Crippen LogP contribution in [0.5, 0.6) is 0 Å². The van der Waals surface area contributed by atoms with Gasteiger partial charge in [0.25, 0.3) is 0 Å². The van der Waals surface area contributed by atoms with Crippen molar-refractivity contribution in [2.45, 2.75) is 0 Å². The minimum atomic E-state index is 0. The average Bonchev–Trinajstić information content (AvgIpc) is 0. The van der Waals surface area contributed by atoms with Crippen LogP contribution in [0, 0.1) is 0 Å².